The van der Waals surface area contributed by atoms with Crippen molar-refractivity contribution in [3.8, 4) is 11.5 Å². The molecule has 0 aliphatic rings. The number of methoxy groups -OCH3 is 1. The molecule has 0 unspecified atom stereocenters. The Hall–Kier alpha value is -2.53. The summed E-state index contributed by atoms with van der Waals surface area (Å²) in [4.78, 5) is 4.70. The van der Waals surface area contributed by atoms with Gasteiger partial charge in [0.15, 0.2) is 11.5 Å². The van der Waals surface area contributed by atoms with Crippen molar-refractivity contribution >= 4 is 5.65 Å². The SMILES string of the molecule is CCOc1ccc(Cc2cn3cccc(CN)c3n2)cc1OC. The summed E-state index contributed by atoms with van der Waals surface area (Å²) in [7, 11) is 1.65. The quantitative estimate of drug-likeness (QED) is 0.760. The number of imidazole rings is 1. The third-order valence-corrected chi connectivity index (χ3v) is 3.75. The van der Waals surface area contributed by atoms with Crippen molar-refractivity contribution in [2.45, 2.75) is 19.9 Å². The molecule has 3 rings (SSSR count). The van der Waals surface area contributed by atoms with Crippen LogP contribution in [0.4, 0.5) is 0 Å². The molecule has 2 N–H and O–H groups in total. The molecule has 1 aromatic carbocycles. The molecule has 23 heavy (non-hydrogen) atoms. The molecule has 0 saturated carbocycles. The van der Waals surface area contributed by atoms with Gasteiger partial charge in [-0.2, -0.15) is 0 Å². The van der Waals surface area contributed by atoms with E-state index in [1.54, 1.807) is 7.11 Å². The minimum absolute atomic E-state index is 0.484. The number of fused-ring (bicyclic) bond motifs is 1. The Bertz CT molecular complexity index is 811. The van der Waals surface area contributed by atoms with Crippen molar-refractivity contribution in [2.24, 2.45) is 5.73 Å². The van der Waals surface area contributed by atoms with E-state index >= 15 is 0 Å². The third kappa shape index (κ3) is 3.14. The lowest BCUT2D eigenvalue weighted by molar-refractivity contribution is 0.310. The first-order chi connectivity index (χ1) is 11.2. The third-order valence-electron chi connectivity index (χ3n) is 3.75. The predicted octanol–water partition coefficient (Wildman–Crippen LogP) is 2.79. The van der Waals surface area contributed by atoms with Crippen LogP contribution in [0.1, 0.15) is 23.7 Å². The lowest BCUT2D eigenvalue weighted by Gasteiger charge is -2.10. The lowest BCUT2D eigenvalue weighted by atomic mass is 10.1. The van der Waals surface area contributed by atoms with E-state index in [1.807, 2.05) is 54.0 Å². The Balaban J connectivity index is 1.89. The van der Waals surface area contributed by atoms with Crippen molar-refractivity contribution in [3.63, 3.8) is 0 Å². The zero-order valence-electron chi connectivity index (χ0n) is 13.5. The fraction of sp³-hybridized carbons (Fsp3) is 0.278. The van der Waals surface area contributed by atoms with Gasteiger partial charge in [-0.15, -0.1) is 0 Å². The molecule has 0 spiro atoms. The maximum absolute atomic E-state index is 5.78. The molecule has 0 saturated heterocycles. The molecule has 120 valence electrons. The zero-order chi connectivity index (χ0) is 16.2. The zero-order valence-corrected chi connectivity index (χ0v) is 13.5. The van der Waals surface area contributed by atoms with Gasteiger partial charge in [0, 0.05) is 30.9 Å². The number of hydrogen-bond donors (Lipinski definition) is 1. The van der Waals surface area contributed by atoms with Gasteiger partial charge in [-0.25, -0.2) is 4.98 Å². The summed E-state index contributed by atoms with van der Waals surface area (Å²) >= 11 is 0. The van der Waals surface area contributed by atoms with Gasteiger partial charge >= 0.3 is 0 Å². The largest absolute Gasteiger partial charge is 0.493 e. The van der Waals surface area contributed by atoms with Crippen molar-refractivity contribution in [1.82, 2.24) is 9.38 Å². The summed E-state index contributed by atoms with van der Waals surface area (Å²) in [5, 5.41) is 0. The van der Waals surface area contributed by atoms with E-state index in [0.717, 1.165) is 40.4 Å². The first kappa shape index (κ1) is 15.4. The van der Waals surface area contributed by atoms with Crippen LogP contribution in [0.5, 0.6) is 11.5 Å². The molecule has 0 radical (unpaired) electrons. The molecule has 0 aliphatic carbocycles. The smallest absolute Gasteiger partial charge is 0.161 e. The Labute approximate surface area is 135 Å². The summed E-state index contributed by atoms with van der Waals surface area (Å²) in [6.07, 6.45) is 4.76. The van der Waals surface area contributed by atoms with Crippen LogP contribution in [0.15, 0.2) is 42.7 Å². The van der Waals surface area contributed by atoms with E-state index in [2.05, 4.69) is 0 Å². The predicted molar refractivity (Wildman–Crippen MR) is 90.1 cm³/mol. The monoisotopic (exact) mass is 311 g/mol. The minimum atomic E-state index is 0.484. The van der Waals surface area contributed by atoms with Crippen LogP contribution in [0, 0.1) is 0 Å². The second kappa shape index (κ2) is 6.71. The number of pyridine rings is 1. The second-order valence-corrected chi connectivity index (χ2v) is 5.30. The van der Waals surface area contributed by atoms with Gasteiger partial charge in [0.05, 0.1) is 19.4 Å². The summed E-state index contributed by atoms with van der Waals surface area (Å²) in [6, 6.07) is 9.98. The van der Waals surface area contributed by atoms with Gasteiger partial charge in [-0.3, -0.25) is 0 Å². The Morgan fingerprint density at radius 2 is 2.09 bits per heavy atom. The van der Waals surface area contributed by atoms with Crippen molar-refractivity contribution < 1.29 is 9.47 Å². The highest BCUT2D eigenvalue weighted by Crippen LogP contribution is 2.29. The van der Waals surface area contributed by atoms with Crippen LogP contribution in [-0.2, 0) is 13.0 Å². The molecule has 0 bridgehead atoms. The highest BCUT2D eigenvalue weighted by molar-refractivity contribution is 5.50. The number of aromatic nitrogens is 2. The highest BCUT2D eigenvalue weighted by Gasteiger charge is 2.09. The minimum Gasteiger partial charge on any atom is -0.493 e. The van der Waals surface area contributed by atoms with E-state index in [-0.39, 0.29) is 0 Å². The van der Waals surface area contributed by atoms with Gasteiger partial charge in [-0.05, 0) is 30.7 Å². The van der Waals surface area contributed by atoms with Crippen LogP contribution in [0.3, 0.4) is 0 Å². The molecule has 0 amide bonds. The van der Waals surface area contributed by atoms with Gasteiger partial charge < -0.3 is 19.6 Å². The van der Waals surface area contributed by atoms with Gasteiger partial charge in [0.25, 0.3) is 0 Å². The van der Waals surface area contributed by atoms with E-state index < -0.39 is 0 Å². The van der Waals surface area contributed by atoms with Gasteiger partial charge in [0.1, 0.15) is 5.65 Å². The average molecular weight is 311 g/mol. The van der Waals surface area contributed by atoms with Crippen LogP contribution < -0.4 is 15.2 Å². The fourth-order valence-electron chi connectivity index (χ4n) is 2.67. The maximum Gasteiger partial charge on any atom is 0.161 e. The van der Waals surface area contributed by atoms with Crippen LogP contribution in [-0.4, -0.2) is 23.1 Å². The first-order valence-corrected chi connectivity index (χ1v) is 7.70. The number of rotatable bonds is 6. The molecule has 0 fully saturated rings. The molecular weight excluding hydrogens is 290 g/mol. The molecule has 2 heterocycles. The van der Waals surface area contributed by atoms with Crippen LogP contribution in [0.25, 0.3) is 5.65 Å². The van der Waals surface area contributed by atoms with Crippen LogP contribution in [0.2, 0.25) is 0 Å². The number of ether oxygens (including phenoxy) is 2. The Kier molecular flexibility index (Phi) is 4.48. The molecule has 2 aromatic heterocycles. The van der Waals surface area contributed by atoms with Gasteiger partial charge in [-0.1, -0.05) is 12.1 Å². The summed E-state index contributed by atoms with van der Waals surface area (Å²) in [5.41, 5.74) is 9.87. The lowest BCUT2D eigenvalue weighted by Crippen LogP contribution is -1.99. The number of hydrogen-bond acceptors (Lipinski definition) is 4. The molecule has 5 nitrogen and oxygen atoms in total. The van der Waals surface area contributed by atoms with Gasteiger partial charge in [0.2, 0.25) is 0 Å². The maximum atomic E-state index is 5.78. The second-order valence-electron chi connectivity index (χ2n) is 5.30. The first-order valence-electron chi connectivity index (χ1n) is 7.70. The number of nitrogens with two attached hydrogens (primary N) is 1. The molecule has 3 aromatic rings. The topological polar surface area (TPSA) is 61.8 Å². The highest BCUT2D eigenvalue weighted by atomic mass is 16.5. The van der Waals surface area contributed by atoms with Crippen molar-refractivity contribution in [3.05, 3.63) is 59.5 Å². The number of nitrogens with zero attached hydrogens (tertiary/aromatic N) is 2. The molecule has 5 heteroatoms. The Morgan fingerprint density at radius 3 is 2.83 bits per heavy atom. The summed E-state index contributed by atoms with van der Waals surface area (Å²) < 4.78 is 13.0. The van der Waals surface area contributed by atoms with E-state index in [4.69, 9.17) is 20.2 Å². The molecule has 0 atom stereocenters. The van der Waals surface area contributed by atoms with Crippen molar-refractivity contribution in [2.75, 3.05) is 13.7 Å². The van der Waals surface area contributed by atoms with E-state index in [1.165, 1.54) is 0 Å². The standard InChI is InChI=1S/C18H21N3O2/c1-3-23-16-7-6-13(10-17(16)22-2)9-15-12-21-8-4-5-14(11-19)18(21)20-15/h4-8,10,12H,3,9,11,19H2,1-2H3. The Morgan fingerprint density at radius 1 is 1.22 bits per heavy atom. The normalized spacial score (nSPS) is 10.9. The van der Waals surface area contributed by atoms with Crippen molar-refractivity contribution in [1.29, 1.82) is 0 Å². The summed E-state index contributed by atoms with van der Waals surface area (Å²) in [5.74, 6) is 1.51. The van der Waals surface area contributed by atoms with Crippen LogP contribution >= 0.6 is 0 Å². The molecular formula is C18H21N3O2. The summed E-state index contributed by atoms with van der Waals surface area (Å²) in [6.45, 7) is 3.06. The molecule has 0 aliphatic heterocycles. The fourth-order valence-corrected chi connectivity index (χ4v) is 2.67. The van der Waals surface area contributed by atoms with E-state index in [9.17, 15) is 0 Å². The average Bonchev–Trinajstić information content (AvgIpc) is 2.98. The van der Waals surface area contributed by atoms with E-state index in [0.29, 0.717) is 13.2 Å². The number of benzene rings is 1.